The van der Waals surface area contributed by atoms with E-state index in [-0.39, 0.29) is 31.0 Å². The number of esters is 1. The molecule has 0 spiro atoms. The van der Waals surface area contributed by atoms with Crippen LogP contribution in [0.1, 0.15) is 31.4 Å². The summed E-state index contributed by atoms with van der Waals surface area (Å²) in [6.07, 6.45) is 1.72. The van der Waals surface area contributed by atoms with E-state index in [2.05, 4.69) is 5.32 Å². The van der Waals surface area contributed by atoms with Crippen LogP contribution in [0.3, 0.4) is 0 Å². The predicted molar refractivity (Wildman–Crippen MR) is 75.1 cm³/mol. The van der Waals surface area contributed by atoms with Crippen molar-refractivity contribution >= 4 is 12.0 Å². The Labute approximate surface area is 123 Å². The number of benzene rings is 1. The molecule has 1 aromatic rings. The summed E-state index contributed by atoms with van der Waals surface area (Å²) in [6, 6.07) is 5.79. The molecule has 0 bridgehead atoms. The Kier molecular flexibility index (Phi) is 5.14. The molecule has 1 unspecified atom stereocenters. The number of halogens is 1. The van der Waals surface area contributed by atoms with Crippen LogP contribution in [0.5, 0.6) is 0 Å². The molecule has 2 rings (SSSR count). The predicted octanol–water partition coefficient (Wildman–Crippen LogP) is 2.24. The van der Waals surface area contributed by atoms with Crippen LogP contribution in [-0.2, 0) is 9.53 Å². The van der Waals surface area contributed by atoms with Gasteiger partial charge in [0.15, 0.2) is 0 Å². The van der Waals surface area contributed by atoms with E-state index in [1.54, 1.807) is 24.0 Å². The Morgan fingerprint density at radius 3 is 2.76 bits per heavy atom. The molecule has 1 fully saturated rings. The van der Waals surface area contributed by atoms with Gasteiger partial charge in [0, 0.05) is 6.54 Å². The number of ether oxygens (including phenoxy) is 1. The fourth-order valence-corrected chi connectivity index (χ4v) is 2.50. The third-order valence-electron chi connectivity index (χ3n) is 3.46. The number of hydrogen-bond acceptors (Lipinski definition) is 3. The van der Waals surface area contributed by atoms with Crippen molar-refractivity contribution in [3.8, 4) is 0 Å². The van der Waals surface area contributed by atoms with Gasteiger partial charge in [0.1, 0.15) is 12.4 Å². The lowest BCUT2D eigenvalue weighted by atomic mass is 10.0. The second kappa shape index (κ2) is 7.06. The number of amides is 2. The second-order valence-electron chi connectivity index (χ2n) is 4.87. The van der Waals surface area contributed by atoms with Gasteiger partial charge in [-0.2, -0.15) is 0 Å². The molecule has 1 heterocycles. The first-order valence-corrected chi connectivity index (χ1v) is 7.07. The molecular weight excluding hydrogens is 275 g/mol. The molecule has 1 atom stereocenters. The van der Waals surface area contributed by atoms with Crippen molar-refractivity contribution in [3.05, 3.63) is 35.6 Å². The van der Waals surface area contributed by atoms with Crippen molar-refractivity contribution in [2.24, 2.45) is 0 Å². The molecule has 114 valence electrons. The standard InChI is InChI=1S/C15H19FN2O3/c1-2-21-14(19)10-17-15(20)18-9-3-4-13(18)11-5-7-12(16)8-6-11/h5-8,13H,2-4,9-10H2,1H3,(H,17,20). The van der Waals surface area contributed by atoms with Crippen LogP contribution in [-0.4, -0.2) is 36.6 Å². The molecule has 0 aliphatic carbocycles. The SMILES string of the molecule is CCOC(=O)CNC(=O)N1CCCC1c1ccc(F)cc1. The van der Waals surface area contributed by atoms with Crippen molar-refractivity contribution in [2.75, 3.05) is 19.7 Å². The van der Waals surface area contributed by atoms with Gasteiger partial charge >= 0.3 is 12.0 Å². The van der Waals surface area contributed by atoms with Crippen molar-refractivity contribution in [1.29, 1.82) is 0 Å². The first-order valence-electron chi connectivity index (χ1n) is 7.07. The van der Waals surface area contributed by atoms with E-state index in [0.717, 1.165) is 18.4 Å². The highest BCUT2D eigenvalue weighted by Gasteiger charge is 2.30. The molecule has 2 amide bonds. The first-order chi connectivity index (χ1) is 10.1. The van der Waals surface area contributed by atoms with Crippen molar-refractivity contribution in [2.45, 2.75) is 25.8 Å². The Morgan fingerprint density at radius 2 is 2.10 bits per heavy atom. The molecule has 0 radical (unpaired) electrons. The molecular formula is C15H19FN2O3. The van der Waals surface area contributed by atoms with Crippen molar-refractivity contribution < 1.29 is 18.7 Å². The number of carbonyl (C=O) groups excluding carboxylic acids is 2. The van der Waals surface area contributed by atoms with Gasteiger partial charge in [-0.1, -0.05) is 12.1 Å². The van der Waals surface area contributed by atoms with Crippen LogP contribution < -0.4 is 5.32 Å². The van der Waals surface area contributed by atoms with Crippen LogP contribution >= 0.6 is 0 Å². The summed E-state index contributed by atoms with van der Waals surface area (Å²) >= 11 is 0. The minimum Gasteiger partial charge on any atom is -0.465 e. The third-order valence-corrected chi connectivity index (χ3v) is 3.46. The number of carbonyl (C=O) groups is 2. The number of likely N-dealkylation sites (tertiary alicyclic amines) is 1. The van der Waals surface area contributed by atoms with Crippen LogP contribution in [0, 0.1) is 5.82 Å². The van der Waals surface area contributed by atoms with Gasteiger partial charge in [0.2, 0.25) is 0 Å². The smallest absolute Gasteiger partial charge is 0.325 e. The largest absolute Gasteiger partial charge is 0.465 e. The monoisotopic (exact) mass is 294 g/mol. The molecule has 1 N–H and O–H groups in total. The van der Waals surface area contributed by atoms with Crippen LogP contribution in [0.2, 0.25) is 0 Å². The minimum atomic E-state index is -0.455. The topological polar surface area (TPSA) is 58.6 Å². The number of rotatable bonds is 4. The molecule has 5 nitrogen and oxygen atoms in total. The van der Waals surface area contributed by atoms with Gasteiger partial charge in [0.05, 0.1) is 12.6 Å². The molecule has 0 aromatic heterocycles. The van der Waals surface area contributed by atoms with E-state index >= 15 is 0 Å². The lowest BCUT2D eigenvalue weighted by molar-refractivity contribution is -0.141. The maximum Gasteiger partial charge on any atom is 0.325 e. The molecule has 21 heavy (non-hydrogen) atoms. The lowest BCUT2D eigenvalue weighted by Gasteiger charge is -2.25. The average molecular weight is 294 g/mol. The molecule has 1 aliphatic heterocycles. The maximum absolute atomic E-state index is 13.0. The van der Waals surface area contributed by atoms with Gasteiger partial charge in [-0.05, 0) is 37.5 Å². The number of nitrogens with zero attached hydrogens (tertiary/aromatic N) is 1. The molecule has 0 saturated carbocycles. The van der Waals surface area contributed by atoms with Crippen molar-refractivity contribution in [3.63, 3.8) is 0 Å². The van der Waals surface area contributed by atoms with Gasteiger partial charge in [0.25, 0.3) is 0 Å². The summed E-state index contributed by atoms with van der Waals surface area (Å²) in [4.78, 5) is 25.1. The quantitative estimate of drug-likeness (QED) is 0.866. The van der Waals surface area contributed by atoms with E-state index < -0.39 is 5.97 Å². The molecule has 1 aromatic carbocycles. The fourth-order valence-electron chi connectivity index (χ4n) is 2.50. The summed E-state index contributed by atoms with van der Waals surface area (Å²) in [5.41, 5.74) is 0.903. The number of urea groups is 1. The summed E-state index contributed by atoms with van der Waals surface area (Å²) in [5, 5.41) is 2.56. The van der Waals surface area contributed by atoms with Gasteiger partial charge in [-0.15, -0.1) is 0 Å². The zero-order chi connectivity index (χ0) is 15.2. The average Bonchev–Trinajstić information content (AvgIpc) is 2.95. The highest BCUT2D eigenvalue weighted by Crippen LogP contribution is 2.31. The van der Waals surface area contributed by atoms with E-state index in [9.17, 15) is 14.0 Å². The highest BCUT2D eigenvalue weighted by molar-refractivity contribution is 5.81. The summed E-state index contributed by atoms with van der Waals surface area (Å²) in [6.45, 7) is 2.48. The van der Waals surface area contributed by atoms with Crippen LogP contribution in [0.15, 0.2) is 24.3 Å². The minimum absolute atomic E-state index is 0.0761. The normalized spacial score (nSPS) is 17.6. The van der Waals surface area contributed by atoms with E-state index in [0.29, 0.717) is 6.54 Å². The van der Waals surface area contributed by atoms with Gasteiger partial charge in [-0.3, -0.25) is 4.79 Å². The molecule has 6 heteroatoms. The lowest BCUT2D eigenvalue weighted by Crippen LogP contribution is -2.42. The Balaban J connectivity index is 1.96. The maximum atomic E-state index is 13.0. The Morgan fingerprint density at radius 1 is 1.38 bits per heavy atom. The zero-order valence-corrected chi connectivity index (χ0v) is 12.0. The highest BCUT2D eigenvalue weighted by atomic mass is 19.1. The van der Waals surface area contributed by atoms with E-state index in [1.165, 1.54) is 12.1 Å². The first kappa shape index (κ1) is 15.3. The number of nitrogens with one attached hydrogen (secondary N) is 1. The molecule has 1 saturated heterocycles. The van der Waals surface area contributed by atoms with E-state index in [4.69, 9.17) is 4.74 Å². The summed E-state index contributed by atoms with van der Waals surface area (Å²) in [7, 11) is 0. The zero-order valence-electron chi connectivity index (χ0n) is 12.0. The summed E-state index contributed by atoms with van der Waals surface area (Å²) in [5.74, 6) is -0.751. The third kappa shape index (κ3) is 3.93. The van der Waals surface area contributed by atoms with Gasteiger partial charge in [-0.25, -0.2) is 9.18 Å². The Bertz CT molecular complexity index is 504. The summed E-state index contributed by atoms with van der Waals surface area (Å²) < 4.78 is 17.7. The Hall–Kier alpha value is -2.11. The molecule has 1 aliphatic rings. The van der Waals surface area contributed by atoms with Crippen molar-refractivity contribution in [1.82, 2.24) is 10.2 Å². The van der Waals surface area contributed by atoms with Crippen LogP contribution in [0.4, 0.5) is 9.18 Å². The van der Waals surface area contributed by atoms with Gasteiger partial charge < -0.3 is 15.0 Å². The van der Waals surface area contributed by atoms with E-state index in [1.807, 2.05) is 0 Å². The van der Waals surface area contributed by atoms with Crippen LogP contribution in [0.25, 0.3) is 0 Å². The fraction of sp³-hybridized carbons (Fsp3) is 0.467. The second-order valence-corrected chi connectivity index (χ2v) is 4.87. The number of hydrogen-bond donors (Lipinski definition) is 1.